The summed E-state index contributed by atoms with van der Waals surface area (Å²) in [6, 6.07) is 8.69. The van der Waals surface area contributed by atoms with Gasteiger partial charge in [-0.2, -0.15) is 4.39 Å². The van der Waals surface area contributed by atoms with Gasteiger partial charge in [0.05, 0.1) is 0 Å². The zero-order valence-corrected chi connectivity index (χ0v) is 11.7. The molecule has 0 aliphatic heterocycles. The van der Waals surface area contributed by atoms with Gasteiger partial charge in [0, 0.05) is 16.7 Å². The molecule has 0 saturated carbocycles. The quantitative estimate of drug-likeness (QED) is 0.752. The van der Waals surface area contributed by atoms with Crippen LogP contribution in [0.4, 0.5) is 4.39 Å². The van der Waals surface area contributed by atoms with Crippen LogP contribution in [-0.2, 0) is 0 Å². The Balaban J connectivity index is 2.34. The molecule has 0 aliphatic rings. The van der Waals surface area contributed by atoms with Gasteiger partial charge in [0.15, 0.2) is 0 Å². The second-order valence-electron chi connectivity index (χ2n) is 4.25. The number of aromatic nitrogens is 1. The van der Waals surface area contributed by atoms with E-state index in [9.17, 15) is 4.39 Å². The molecule has 0 bridgehead atoms. The normalized spacial score (nSPS) is 10.7. The van der Waals surface area contributed by atoms with Gasteiger partial charge in [-0.15, -0.1) is 0 Å². The van der Waals surface area contributed by atoms with E-state index in [0.717, 1.165) is 15.8 Å². The third-order valence-corrected chi connectivity index (χ3v) is 3.01. The number of rotatable bonds is 3. The van der Waals surface area contributed by atoms with E-state index in [1.807, 2.05) is 18.2 Å². The molecule has 18 heavy (non-hydrogen) atoms. The highest BCUT2D eigenvalue weighted by molar-refractivity contribution is 9.10. The summed E-state index contributed by atoms with van der Waals surface area (Å²) in [6.45, 7) is 4.17. The first kappa shape index (κ1) is 13.0. The van der Waals surface area contributed by atoms with Crippen molar-refractivity contribution in [2.24, 2.45) is 0 Å². The van der Waals surface area contributed by atoms with Crippen molar-refractivity contribution in [1.29, 1.82) is 0 Å². The average Bonchev–Trinajstić information content (AvgIpc) is 2.31. The van der Waals surface area contributed by atoms with Crippen LogP contribution in [0.5, 0.6) is 11.5 Å². The summed E-state index contributed by atoms with van der Waals surface area (Å²) < 4.78 is 19.7. The Morgan fingerprint density at radius 2 is 2.00 bits per heavy atom. The monoisotopic (exact) mass is 309 g/mol. The molecule has 0 N–H and O–H groups in total. The van der Waals surface area contributed by atoms with Crippen LogP contribution >= 0.6 is 15.9 Å². The van der Waals surface area contributed by atoms with E-state index in [4.69, 9.17) is 4.74 Å². The molecule has 2 rings (SSSR count). The maximum Gasteiger partial charge on any atom is 0.216 e. The molecule has 0 spiro atoms. The van der Waals surface area contributed by atoms with Crippen molar-refractivity contribution in [3.63, 3.8) is 0 Å². The minimum Gasteiger partial charge on any atom is -0.457 e. The van der Waals surface area contributed by atoms with Gasteiger partial charge in [-0.1, -0.05) is 29.8 Å². The molecule has 4 heteroatoms. The predicted molar refractivity (Wildman–Crippen MR) is 72.5 cm³/mol. The van der Waals surface area contributed by atoms with Crippen LogP contribution in [0.15, 0.2) is 41.0 Å². The number of benzene rings is 1. The number of nitrogens with zero attached hydrogens (tertiary/aromatic N) is 1. The van der Waals surface area contributed by atoms with Crippen molar-refractivity contribution in [2.45, 2.75) is 19.8 Å². The van der Waals surface area contributed by atoms with E-state index in [1.54, 1.807) is 6.07 Å². The minimum atomic E-state index is -0.546. The van der Waals surface area contributed by atoms with E-state index < -0.39 is 5.95 Å². The van der Waals surface area contributed by atoms with Gasteiger partial charge in [0.25, 0.3) is 0 Å². The van der Waals surface area contributed by atoms with Gasteiger partial charge in [-0.3, -0.25) is 0 Å². The highest BCUT2D eigenvalue weighted by Crippen LogP contribution is 2.32. The smallest absolute Gasteiger partial charge is 0.216 e. The lowest BCUT2D eigenvalue weighted by molar-refractivity contribution is 0.463. The Labute approximate surface area is 114 Å². The van der Waals surface area contributed by atoms with Crippen molar-refractivity contribution < 1.29 is 9.13 Å². The summed E-state index contributed by atoms with van der Waals surface area (Å²) in [5.41, 5.74) is 1.07. The van der Waals surface area contributed by atoms with Crippen LogP contribution in [0.25, 0.3) is 0 Å². The van der Waals surface area contributed by atoms with Crippen molar-refractivity contribution in [3.8, 4) is 11.5 Å². The van der Waals surface area contributed by atoms with Gasteiger partial charge >= 0.3 is 0 Å². The van der Waals surface area contributed by atoms with E-state index in [0.29, 0.717) is 11.7 Å². The van der Waals surface area contributed by atoms with Gasteiger partial charge in [-0.05, 0) is 35.7 Å². The number of halogens is 2. The molecule has 2 aromatic rings. The summed E-state index contributed by atoms with van der Waals surface area (Å²) >= 11 is 3.44. The molecule has 0 atom stereocenters. The minimum absolute atomic E-state index is 0.323. The lowest BCUT2D eigenvalue weighted by atomic mass is 10.0. The highest BCUT2D eigenvalue weighted by Gasteiger charge is 2.10. The largest absolute Gasteiger partial charge is 0.457 e. The lowest BCUT2D eigenvalue weighted by Crippen LogP contribution is -1.94. The molecular formula is C14H13BrFNO. The molecular weight excluding hydrogens is 297 g/mol. The number of pyridine rings is 1. The Morgan fingerprint density at radius 3 is 2.67 bits per heavy atom. The molecule has 0 fully saturated rings. The number of ether oxygens (including phenoxy) is 1. The zero-order chi connectivity index (χ0) is 13.1. The maximum atomic E-state index is 13.0. The Kier molecular flexibility index (Phi) is 3.97. The molecule has 0 saturated heterocycles. The second kappa shape index (κ2) is 5.48. The highest BCUT2D eigenvalue weighted by atomic mass is 79.9. The first-order valence-corrected chi connectivity index (χ1v) is 6.44. The molecule has 1 heterocycles. The SMILES string of the molecule is CC(C)c1cc(Br)ccc1Oc1ccnc(F)c1. The van der Waals surface area contributed by atoms with Crippen LogP contribution in [0, 0.1) is 5.95 Å². The molecule has 2 nitrogen and oxygen atoms in total. The van der Waals surface area contributed by atoms with Crippen molar-refractivity contribution in [2.75, 3.05) is 0 Å². The second-order valence-corrected chi connectivity index (χ2v) is 5.17. The summed E-state index contributed by atoms with van der Waals surface area (Å²) in [4.78, 5) is 3.50. The first-order chi connectivity index (χ1) is 8.56. The third-order valence-electron chi connectivity index (χ3n) is 2.52. The maximum absolute atomic E-state index is 13.0. The summed E-state index contributed by atoms with van der Waals surface area (Å²) in [5.74, 6) is 0.963. The average molecular weight is 310 g/mol. The van der Waals surface area contributed by atoms with Crippen molar-refractivity contribution >= 4 is 15.9 Å². The van der Waals surface area contributed by atoms with Crippen molar-refractivity contribution in [3.05, 3.63) is 52.5 Å². The van der Waals surface area contributed by atoms with E-state index >= 15 is 0 Å². The molecule has 0 unspecified atom stereocenters. The molecule has 1 aromatic heterocycles. The van der Waals surface area contributed by atoms with E-state index in [-0.39, 0.29) is 0 Å². The van der Waals surface area contributed by atoms with Crippen LogP contribution in [0.3, 0.4) is 0 Å². The fourth-order valence-electron chi connectivity index (χ4n) is 1.64. The zero-order valence-electron chi connectivity index (χ0n) is 10.2. The Bertz CT molecular complexity index is 557. The van der Waals surface area contributed by atoms with Gasteiger partial charge < -0.3 is 4.74 Å². The fraction of sp³-hybridized carbons (Fsp3) is 0.214. The van der Waals surface area contributed by atoms with Gasteiger partial charge in [-0.25, -0.2) is 4.98 Å². The number of hydrogen-bond donors (Lipinski definition) is 0. The van der Waals surface area contributed by atoms with Crippen LogP contribution in [0.1, 0.15) is 25.3 Å². The Morgan fingerprint density at radius 1 is 1.22 bits per heavy atom. The van der Waals surface area contributed by atoms with E-state index in [2.05, 4.69) is 34.8 Å². The number of hydrogen-bond acceptors (Lipinski definition) is 2. The predicted octanol–water partition coefficient (Wildman–Crippen LogP) is 4.90. The molecule has 0 radical (unpaired) electrons. The van der Waals surface area contributed by atoms with Crippen LogP contribution in [-0.4, -0.2) is 4.98 Å². The third kappa shape index (κ3) is 3.07. The summed E-state index contributed by atoms with van der Waals surface area (Å²) in [6.07, 6.45) is 1.39. The topological polar surface area (TPSA) is 22.1 Å². The molecule has 0 aliphatic carbocycles. The van der Waals surface area contributed by atoms with Crippen molar-refractivity contribution in [1.82, 2.24) is 4.98 Å². The molecule has 0 amide bonds. The van der Waals surface area contributed by atoms with E-state index in [1.165, 1.54) is 12.3 Å². The first-order valence-electron chi connectivity index (χ1n) is 5.65. The van der Waals surface area contributed by atoms with Crippen LogP contribution in [0.2, 0.25) is 0 Å². The summed E-state index contributed by atoms with van der Waals surface area (Å²) in [7, 11) is 0. The Hall–Kier alpha value is -1.42. The fourth-order valence-corrected chi connectivity index (χ4v) is 2.02. The standard InChI is InChI=1S/C14H13BrFNO/c1-9(2)12-7-10(15)3-4-13(12)18-11-5-6-17-14(16)8-11/h3-9H,1-2H3. The lowest BCUT2D eigenvalue weighted by Gasteiger charge is -2.14. The summed E-state index contributed by atoms with van der Waals surface area (Å²) in [5, 5.41) is 0. The molecule has 94 valence electrons. The van der Waals surface area contributed by atoms with Gasteiger partial charge in [0.1, 0.15) is 11.5 Å². The molecule has 1 aromatic carbocycles. The van der Waals surface area contributed by atoms with Crippen LogP contribution < -0.4 is 4.74 Å². The van der Waals surface area contributed by atoms with Gasteiger partial charge in [0.2, 0.25) is 5.95 Å².